The monoisotopic (exact) mass is 420 g/mol. The van der Waals surface area contributed by atoms with Gasteiger partial charge in [-0.3, -0.25) is 13.8 Å². The lowest BCUT2D eigenvalue weighted by Crippen LogP contribution is -2.22. The van der Waals surface area contributed by atoms with Crippen LogP contribution in [0.15, 0.2) is 42.1 Å². The number of pyridine rings is 1. The Bertz CT molecular complexity index is 1160. The molecule has 0 aliphatic carbocycles. The maximum absolute atomic E-state index is 14.5. The minimum atomic E-state index is -2.93. The van der Waals surface area contributed by atoms with Crippen molar-refractivity contribution in [1.29, 1.82) is 0 Å². The van der Waals surface area contributed by atoms with Gasteiger partial charge in [0.15, 0.2) is 0 Å². The normalized spacial score (nSPS) is 12.4. The molecule has 3 aromatic rings. The van der Waals surface area contributed by atoms with Crippen LogP contribution in [0.5, 0.6) is 0 Å². The molecule has 2 aromatic heterocycles. The third kappa shape index (κ3) is 3.92. The molecule has 0 aliphatic heterocycles. The molecule has 1 N–H and O–H groups in total. The van der Waals surface area contributed by atoms with E-state index in [0.29, 0.717) is 16.5 Å². The molecule has 0 unspecified atom stereocenters. The molecule has 0 saturated heterocycles. The largest absolute Gasteiger partial charge is 0.363 e. The van der Waals surface area contributed by atoms with Crippen LogP contribution in [0.3, 0.4) is 0 Å². The number of hydrogen-bond donors (Lipinski definition) is 1. The number of allylic oxidation sites excluding steroid dienone is 1. The van der Waals surface area contributed by atoms with Crippen LogP contribution in [0.2, 0.25) is 0 Å². The van der Waals surface area contributed by atoms with E-state index < -0.39 is 30.5 Å². The van der Waals surface area contributed by atoms with Gasteiger partial charge in [0.05, 0.1) is 29.2 Å². The van der Waals surface area contributed by atoms with Gasteiger partial charge in [-0.2, -0.15) is 0 Å². The van der Waals surface area contributed by atoms with Gasteiger partial charge in [0.1, 0.15) is 18.0 Å². The highest BCUT2D eigenvalue weighted by Crippen LogP contribution is 2.30. The van der Waals surface area contributed by atoms with Crippen molar-refractivity contribution in [3.63, 3.8) is 0 Å². The molecule has 30 heavy (non-hydrogen) atoms. The van der Waals surface area contributed by atoms with Crippen molar-refractivity contribution in [1.82, 2.24) is 14.5 Å². The molecule has 3 rings (SSSR count). The zero-order valence-corrected chi connectivity index (χ0v) is 16.4. The molecule has 0 radical (unpaired) electrons. The second-order valence-electron chi connectivity index (χ2n) is 6.84. The first-order valence-electron chi connectivity index (χ1n) is 9.20. The Morgan fingerprint density at radius 2 is 1.97 bits per heavy atom. The maximum Gasteiger partial charge on any atom is 0.266 e. The molecule has 9 heteroatoms. The summed E-state index contributed by atoms with van der Waals surface area (Å²) in [6.07, 6.45) is -0.264. The summed E-state index contributed by atoms with van der Waals surface area (Å²) < 4.78 is 54.5. The lowest BCUT2D eigenvalue weighted by Gasteiger charge is -2.19. The Morgan fingerprint density at radius 1 is 1.27 bits per heavy atom. The summed E-state index contributed by atoms with van der Waals surface area (Å²) in [6.45, 7) is 6.25. The Morgan fingerprint density at radius 3 is 2.63 bits per heavy atom. The molecule has 0 fully saturated rings. The number of aryl methyl sites for hydroxylation is 1. The van der Waals surface area contributed by atoms with Crippen molar-refractivity contribution >= 4 is 22.4 Å². The summed E-state index contributed by atoms with van der Waals surface area (Å²) in [5, 5.41) is 3.43. The van der Waals surface area contributed by atoms with E-state index in [9.17, 15) is 22.4 Å². The molecule has 2 heterocycles. The highest BCUT2D eigenvalue weighted by atomic mass is 19.3. The first-order valence-corrected chi connectivity index (χ1v) is 9.20. The van der Waals surface area contributed by atoms with E-state index in [-0.39, 0.29) is 29.1 Å². The fourth-order valence-electron chi connectivity index (χ4n) is 3.22. The van der Waals surface area contributed by atoms with E-state index in [1.54, 1.807) is 13.8 Å². The maximum atomic E-state index is 14.5. The Kier molecular flexibility index (Phi) is 6.19. The minimum Gasteiger partial charge on any atom is -0.363 e. The van der Waals surface area contributed by atoms with E-state index in [0.717, 1.165) is 6.07 Å². The second kappa shape index (κ2) is 8.64. The molecule has 0 spiro atoms. The lowest BCUT2D eigenvalue weighted by molar-refractivity contribution is 0.146. The zero-order chi connectivity index (χ0) is 22.0. The van der Waals surface area contributed by atoms with Crippen molar-refractivity contribution in [3.05, 3.63) is 70.2 Å². The molecule has 1 aromatic carbocycles. The molecule has 0 aliphatic rings. The second-order valence-corrected chi connectivity index (χ2v) is 6.84. The first-order chi connectivity index (χ1) is 14.3. The van der Waals surface area contributed by atoms with Gasteiger partial charge in [0, 0.05) is 29.4 Å². The van der Waals surface area contributed by atoms with Crippen molar-refractivity contribution in [3.8, 4) is 0 Å². The van der Waals surface area contributed by atoms with E-state index in [2.05, 4.69) is 21.9 Å². The van der Waals surface area contributed by atoms with Gasteiger partial charge in [0.25, 0.3) is 12.0 Å². The minimum absolute atomic E-state index is 0.0245. The number of nitrogens with zero attached hydrogens (tertiary/aromatic N) is 3. The van der Waals surface area contributed by atoms with Crippen LogP contribution >= 0.6 is 0 Å². The topological polar surface area (TPSA) is 59.8 Å². The van der Waals surface area contributed by atoms with Crippen LogP contribution in [0.25, 0.3) is 16.6 Å². The van der Waals surface area contributed by atoms with Crippen molar-refractivity contribution in [2.75, 3.05) is 12.0 Å². The third-order valence-corrected chi connectivity index (χ3v) is 4.87. The Labute approximate surface area is 170 Å². The summed E-state index contributed by atoms with van der Waals surface area (Å²) in [6, 6.07) is 3.09. The predicted octanol–water partition coefficient (Wildman–Crippen LogP) is 5.18. The number of fused-ring (bicyclic) bond motifs is 1. The standard InChI is InChI=1S/C21H20F4N4O/c1-11(7-8-22)29-9-16-18(12(2)21(29)30)26-10-27-20(16)28-13(3)14-5-4-6-15(17(14)23)19(24)25/h4-6,9-10,13,19H,1,7-8H2,2-3H3,(H,26,27,28)/t13-/m1/s1. The van der Waals surface area contributed by atoms with Gasteiger partial charge in [-0.25, -0.2) is 23.1 Å². The number of alkyl halides is 3. The van der Waals surface area contributed by atoms with Crippen LogP contribution in [-0.4, -0.2) is 21.2 Å². The number of aromatic nitrogens is 3. The molecule has 0 amide bonds. The van der Waals surface area contributed by atoms with Crippen molar-refractivity contribution in [2.45, 2.75) is 32.7 Å². The number of hydrogen-bond acceptors (Lipinski definition) is 4. The van der Waals surface area contributed by atoms with Crippen molar-refractivity contribution in [2.24, 2.45) is 0 Å². The highest BCUT2D eigenvalue weighted by molar-refractivity contribution is 5.90. The van der Waals surface area contributed by atoms with Crippen LogP contribution < -0.4 is 10.9 Å². The quantitative estimate of drug-likeness (QED) is 0.535. The molecule has 5 nitrogen and oxygen atoms in total. The van der Waals surface area contributed by atoms with Gasteiger partial charge in [0.2, 0.25) is 0 Å². The van der Waals surface area contributed by atoms with Gasteiger partial charge >= 0.3 is 0 Å². The molecule has 0 saturated carbocycles. The summed E-state index contributed by atoms with van der Waals surface area (Å²) in [7, 11) is 0. The fourth-order valence-corrected chi connectivity index (χ4v) is 3.22. The number of rotatable bonds is 7. The highest BCUT2D eigenvalue weighted by Gasteiger charge is 2.21. The Balaban J connectivity index is 2.08. The number of benzene rings is 1. The molecule has 0 bridgehead atoms. The van der Waals surface area contributed by atoms with Gasteiger partial charge < -0.3 is 5.32 Å². The average molecular weight is 420 g/mol. The molecular weight excluding hydrogens is 400 g/mol. The number of halogens is 4. The van der Waals surface area contributed by atoms with Crippen LogP contribution in [0.1, 0.15) is 42.5 Å². The van der Waals surface area contributed by atoms with Crippen LogP contribution in [-0.2, 0) is 0 Å². The zero-order valence-electron chi connectivity index (χ0n) is 16.4. The van der Waals surface area contributed by atoms with Gasteiger partial charge in [-0.05, 0) is 13.8 Å². The summed E-state index contributed by atoms with van der Waals surface area (Å²) in [5.74, 6) is -0.713. The summed E-state index contributed by atoms with van der Waals surface area (Å²) >= 11 is 0. The van der Waals surface area contributed by atoms with E-state index in [1.165, 1.54) is 29.2 Å². The van der Waals surface area contributed by atoms with E-state index in [4.69, 9.17) is 0 Å². The lowest BCUT2D eigenvalue weighted by atomic mass is 10.0. The predicted molar refractivity (Wildman–Crippen MR) is 108 cm³/mol. The summed E-state index contributed by atoms with van der Waals surface area (Å²) in [4.78, 5) is 20.9. The van der Waals surface area contributed by atoms with Crippen molar-refractivity contribution < 1.29 is 17.6 Å². The van der Waals surface area contributed by atoms with Crippen LogP contribution in [0, 0.1) is 12.7 Å². The van der Waals surface area contributed by atoms with Gasteiger partial charge in [-0.1, -0.05) is 24.8 Å². The molecular formula is C21H20F4N4O. The molecule has 158 valence electrons. The summed E-state index contributed by atoms with van der Waals surface area (Å²) in [5.41, 5.74) is -0.0556. The first kappa shape index (κ1) is 21.5. The smallest absolute Gasteiger partial charge is 0.266 e. The van der Waals surface area contributed by atoms with Crippen LogP contribution in [0.4, 0.5) is 23.4 Å². The van der Waals surface area contributed by atoms with Gasteiger partial charge in [-0.15, -0.1) is 0 Å². The van der Waals surface area contributed by atoms with E-state index in [1.807, 2.05) is 0 Å². The molecule has 1 atom stereocenters. The third-order valence-electron chi connectivity index (χ3n) is 4.87. The number of nitrogens with one attached hydrogen (secondary N) is 1. The average Bonchev–Trinajstić information content (AvgIpc) is 2.71. The van der Waals surface area contributed by atoms with E-state index >= 15 is 0 Å². The fraction of sp³-hybridized carbons (Fsp3) is 0.286. The number of anilines is 1. The Hall–Kier alpha value is -3.23. The SMILES string of the molecule is C=C(CCF)n1cc2c(N[C@H](C)c3cccc(C(F)F)c3F)ncnc2c(C)c1=O.